The Labute approximate surface area is 109 Å². The normalized spacial score (nSPS) is 16.8. The SMILES string of the molecule is CCCCOC(=O)N1CC(CS(=O)(=O)C(C)C)C1. The second kappa shape index (κ2) is 6.41. The van der Waals surface area contributed by atoms with Crippen LogP contribution in [0.15, 0.2) is 0 Å². The molecule has 1 saturated heterocycles. The van der Waals surface area contributed by atoms with Crippen LogP contribution >= 0.6 is 0 Å². The molecule has 0 radical (unpaired) electrons. The molecule has 1 amide bonds. The molecular formula is C12H23NO4S. The van der Waals surface area contributed by atoms with Crippen LogP contribution in [0, 0.1) is 5.92 Å². The van der Waals surface area contributed by atoms with Crippen LogP contribution < -0.4 is 0 Å². The first-order valence-electron chi connectivity index (χ1n) is 6.50. The number of unbranched alkanes of at least 4 members (excludes halogenated alkanes) is 1. The molecular weight excluding hydrogens is 254 g/mol. The van der Waals surface area contributed by atoms with Gasteiger partial charge in [-0.2, -0.15) is 0 Å². The predicted octanol–water partition coefficient (Wildman–Crippen LogP) is 1.68. The van der Waals surface area contributed by atoms with E-state index in [4.69, 9.17) is 4.74 Å². The summed E-state index contributed by atoms with van der Waals surface area (Å²) < 4.78 is 28.4. The number of hydrogen-bond donors (Lipinski definition) is 0. The Hall–Kier alpha value is -0.780. The molecule has 0 bridgehead atoms. The highest BCUT2D eigenvalue weighted by Crippen LogP contribution is 2.20. The first-order valence-corrected chi connectivity index (χ1v) is 8.21. The second-order valence-corrected chi connectivity index (χ2v) is 7.72. The lowest BCUT2D eigenvalue weighted by Crippen LogP contribution is -2.52. The fraction of sp³-hybridized carbons (Fsp3) is 0.917. The summed E-state index contributed by atoms with van der Waals surface area (Å²) in [6.45, 7) is 6.84. The zero-order chi connectivity index (χ0) is 13.8. The lowest BCUT2D eigenvalue weighted by Gasteiger charge is -2.38. The van der Waals surface area contributed by atoms with Crippen LogP contribution in [0.2, 0.25) is 0 Å². The number of ether oxygens (including phenoxy) is 1. The van der Waals surface area contributed by atoms with Crippen molar-refractivity contribution in [1.29, 1.82) is 0 Å². The molecule has 106 valence electrons. The van der Waals surface area contributed by atoms with Gasteiger partial charge < -0.3 is 9.64 Å². The Morgan fingerprint density at radius 1 is 1.39 bits per heavy atom. The average molecular weight is 277 g/mol. The van der Waals surface area contributed by atoms with E-state index in [1.807, 2.05) is 6.92 Å². The zero-order valence-electron chi connectivity index (χ0n) is 11.4. The van der Waals surface area contributed by atoms with E-state index in [1.54, 1.807) is 18.7 Å². The van der Waals surface area contributed by atoms with Crippen molar-refractivity contribution in [2.24, 2.45) is 5.92 Å². The third-order valence-electron chi connectivity index (χ3n) is 3.13. The molecule has 1 fully saturated rings. The summed E-state index contributed by atoms with van der Waals surface area (Å²) in [4.78, 5) is 13.1. The van der Waals surface area contributed by atoms with Crippen molar-refractivity contribution in [2.75, 3.05) is 25.4 Å². The Morgan fingerprint density at radius 2 is 2.00 bits per heavy atom. The van der Waals surface area contributed by atoms with Crippen LogP contribution in [0.3, 0.4) is 0 Å². The Bertz CT molecular complexity index is 372. The molecule has 1 heterocycles. The van der Waals surface area contributed by atoms with Gasteiger partial charge in [-0.25, -0.2) is 13.2 Å². The van der Waals surface area contributed by atoms with Gasteiger partial charge in [-0.3, -0.25) is 0 Å². The van der Waals surface area contributed by atoms with Crippen LogP contribution in [0.5, 0.6) is 0 Å². The summed E-state index contributed by atoms with van der Waals surface area (Å²) in [6.07, 6.45) is 1.54. The van der Waals surface area contributed by atoms with Crippen molar-refractivity contribution >= 4 is 15.9 Å². The summed E-state index contributed by atoms with van der Waals surface area (Å²) in [5.74, 6) is 0.236. The van der Waals surface area contributed by atoms with Gasteiger partial charge in [0.05, 0.1) is 17.6 Å². The summed E-state index contributed by atoms with van der Waals surface area (Å²) in [5.41, 5.74) is 0. The number of amides is 1. The van der Waals surface area contributed by atoms with Crippen LogP contribution in [-0.2, 0) is 14.6 Å². The van der Waals surface area contributed by atoms with Gasteiger partial charge in [-0.05, 0) is 20.3 Å². The standard InChI is InChI=1S/C12H23NO4S/c1-4-5-6-17-12(14)13-7-11(8-13)9-18(15,16)10(2)3/h10-11H,4-9H2,1-3H3. The smallest absolute Gasteiger partial charge is 0.409 e. The highest BCUT2D eigenvalue weighted by atomic mass is 32.2. The number of sulfone groups is 1. The minimum Gasteiger partial charge on any atom is -0.449 e. The van der Waals surface area contributed by atoms with Gasteiger partial charge in [0.1, 0.15) is 0 Å². The predicted molar refractivity (Wildman–Crippen MR) is 70.2 cm³/mol. The maximum absolute atomic E-state index is 11.7. The van der Waals surface area contributed by atoms with E-state index in [9.17, 15) is 13.2 Å². The molecule has 6 heteroatoms. The van der Waals surface area contributed by atoms with Gasteiger partial charge in [0.2, 0.25) is 0 Å². The van der Waals surface area contributed by atoms with Crippen molar-refractivity contribution in [3.63, 3.8) is 0 Å². The molecule has 0 aromatic heterocycles. The van der Waals surface area contributed by atoms with E-state index in [0.29, 0.717) is 19.7 Å². The van der Waals surface area contributed by atoms with Crippen molar-refractivity contribution in [2.45, 2.75) is 38.9 Å². The lowest BCUT2D eigenvalue weighted by molar-refractivity contribution is 0.0587. The van der Waals surface area contributed by atoms with E-state index >= 15 is 0 Å². The van der Waals surface area contributed by atoms with Crippen molar-refractivity contribution in [3.05, 3.63) is 0 Å². The van der Waals surface area contributed by atoms with Gasteiger partial charge >= 0.3 is 6.09 Å². The number of carbonyl (C=O) groups excluding carboxylic acids is 1. The zero-order valence-corrected chi connectivity index (χ0v) is 12.2. The van der Waals surface area contributed by atoms with Crippen molar-refractivity contribution in [3.8, 4) is 0 Å². The molecule has 5 nitrogen and oxygen atoms in total. The molecule has 0 unspecified atom stereocenters. The summed E-state index contributed by atoms with van der Waals surface area (Å²) >= 11 is 0. The van der Waals surface area contributed by atoms with Crippen LogP contribution in [0.1, 0.15) is 33.6 Å². The van der Waals surface area contributed by atoms with Gasteiger partial charge in [0, 0.05) is 19.0 Å². The third-order valence-corrected chi connectivity index (χ3v) is 5.50. The maximum Gasteiger partial charge on any atom is 0.409 e. The highest BCUT2D eigenvalue weighted by molar-refractivity contribution is 7.91. The first-order chi connectivity index (χ1) is 8.36. The number of nitrogens with zero attached hydrogens (tertiary/aromatic N) is 1. The fourth-order valence-corrected chi connectivity index (χ4v) is 2.99. The average Bonchev–Trinajstić information content (AvgIpc) is 2.22. The summed E-state index contributed by atoms with van der Waals surface area (Å²) in [5, 5.41) is -0.344. The highest BCUT2D eigenvalue weighted by Gasteiger charge is 2.35. The van der Waals surface area contributed by atoms with Gasteiger partial charge in [-0.1, -0.05) is 13.3 Å². The second-order valence-electron chi connectivity index (χ2n) is 5.12. The summed E-state index contributed by atoms with van der Waals surface area (Å²) in [6, 6.07) is 0. The molecule has 18 heavy (non-hydrogen) atoms. The molecule has 0 saturated carbocycles. The van der Waals surface area contributed by atoms with Gasteiger partial charge in [-0.15, -0.1) is 0 Å². The molecule has 0 aliphatic carbocycles. The van der Waals surface area contributed by atoms with Crippen molar-refractivity contribution < 1.29 is 17.9 Å². The molecule has 1 aliphatic heterocycles. The Kier molecular flexibility index (Phi) is 5.44. The van der Waals surface area contributed by atoms with Crippen LogP contribution in [0.25, 0.3) is 0 Å². The number of likely N-dealkylation sites (tertiary alicyclic amines) is 1. The number of rotatable bonds is 6. The molecule has 0 aromatic carbocycles. The largest absolute Gasteiger partial charge is 0.449 e. The van der Waals surface area contributed by atoms with Crippen LogP contribution in [0.4, 0.5) is 4.79 Å². The van der Waals surface area contributed by atoms with E-state index < -0.39 is 9.84 Å². The molecule has 1 rings (SSSR count). The minimum absolute atomic E-state index is 0.0659. The van der Waals surface area contributed by atoms with E-state index in [-0.39, 0.29) is 23.0 Å². The van der Waals surface area contributed by atoms with Gasteiger partial charge in [0.25, 0.3) is 0 Å². The molecule has 0 aromatic rings. The Balaban J connectivity index is 2.26. The fourth-order valence-electron chi connectivity index (χ4n) is 1.74. The van der Waals surface area contributed by atoms with E-state index in [1.165, 1.54) is 0 Å². The topological polar surface area (TPSA) is 63.7 Å². The molecule has 1 aliphatic rings. The Morgan fingerprint density at radius 3 is 2.50 bits per heavy atom. The number of hydrogen-bond acceptors (Lipinski definition) is 4. The van der Waals surface area contributed by atoms with Crippen LogP contribution in [-0.4, -0.2) is 50.1 Å². The number of carbonyl (C=O) groups is 1. The minimum atomic E-state index is -3.01. The maximum atomic E-state index is 11.7. The lowest BCUT2D eigenvalue weighted by atomic mass is 10.0. The first kappa shape index (κ1) is 15.3. The third kappa shape index (κ3) is 4.15. The van der Waals surface area contributed by atoms with Gasteiger partial charge in [0.15, 0.2) is 9.84 Å². The molecule has 0 atom stereocenters. The quantitative estimate of drug-likeness (QED) is 0.693. The molecule has 0 N–H and O–H groups in total. The molecule has 0 spiro atoms. The van der Waals surface area contributed by atoms with Crippen molar-refractivity contribution in [1.82, 2.24) is 4.90 Å². The van der Waals surface area contributed by atoms with E-state index in [2.05, 4.69) is 0 Å². The monoisotopic (exact) mass is 277 g/mol. The summed E-state index contributed by atoms with van der Waals surface area (Å²) in [7, 11) is -3.01. The van der Waals surface area contributed by atoms with E-state index in [0.717, 1.165) is 12.8 Å².